The lowest BCUT2D eigenvalue weighted by atomic mass is 9.47. The van der Waals surface area contributed by atoms with Crippen molar-refractivity contribution in [2.75, 3.05) is 106 Å². The first-order valence-corrected chi connectivity index (χ1v) is 40.1. The SMILES string of the molecule is CC(=O)N[C@H]1[C@H]([C@@H](O)[C@H](O)CO)O[C@@](OCCCOCOCC(COCOCCCO[C@]2(C(=O)O)C[C@H](O)[C@@H](NC(C)=O)[C@H]([C@@H](O)[C@H](O)CO)O2)(COCOCCCO[C@]2(C(=O)O)C[C@H](O)[C@@H](NC(C)=O)[C@H]([C@@H](O)[C@H](O)CO)O2)CO[C@H]2CC[C@@]3(C)C(=CCC4C3CC[C@@]3(C)C4CC[C@@H]3C(C)CCCC(C)C)C2)(C(=O)O)C[C@@H]1O. The van der Waals surface area contributed by atoms with Crippen LogP contribution in [0.25, 0.3) is 0 Å². The number of rotatable bonds is 50. The number of carboxylic acids is 3. The van der Waals surface area contributed by atoms with Crippen LogP contribution in [0.5, 0.6) is 0 Å². The number of carbonyl (C=O) groups is 6. The van der Waals surface area contributed by atoms with E-state index in [-0.39, 0.29) is 96.9 Å². The number of carbonyl (C=O) groups excluding carboxylic acids is 3. The molecule has 0 radical (unpaired) electrons. The largest absolute Gasteiger partial charge is 0.477 e. The summed E-state index contributed by atoms with van der Waals surface area (Å²) in [5.74, 6) is -11.1. The Kier molecular flexibility index (Phi) is 37.5. The molecule has 3 saturated carbocycles. The predicted molar refractivity (Wildman–Crippen MR) is 395 cm³/mol. The van der Waals surface area contributed by atoms with E-state index in [1.54, 1.807) is 0 Å². The molecule has 3 aliphatic heterocycles. The fraction of sp³-hybridized carbons (Fsp3) is 0.896. The lowest BCUT2D eigenvalue weighted by Gasteiger charge is -2.58. The third-order valence-corrected chi connectivity index (χ3v) is 24.5. The number of fused-ring (bicyclic) bond motifs is 5. The number of aliphatic hydroxyl groups excluding tert-OH is 12. The Morgan fingerprint density at radius 3 is 1.26 bits per heavy atom. The maximum atomic E-state index is 12.8. The molecule has 0 aromatic carbocycles. The van der Waals surface area contributed by atoms with Crippen LogP contribution < -0.4 is 16.0 Å². The Balaban J connectivity index is 1.07. The van der Waals surface area contributed by atoms with Gasteiger partial charge in [-0.25, -0.2) is 14.4 Å². The van der Waals surface area contributed by atoms with Crippen LogP contribution in [0.4, 0.5) is 0 Å². The van der Waals surface area contributed by atoms with Crippen molar-refractivity contribution in [2.24, 2.45) is 51.8 Å². The van der Waals surface area contributed by atoms with Gasteiger partial charge < -0.3 is 154 Å². The Bertz CT molecular complexity index is 2830. The molecule has 7 aliphatic rings. The fourth-order valence-electron chi connectivity index (χ4n) is 18.5. The summed E-state index contributed by atoms with van der Waals surface area (Å²) in [6, 6.07) is -4.25. The fourth-order valence-corrected chi connectivity index (χ4v) is 18.5. The molecule has 3 amide bonds. The van der Waals surface area contributed by atoms with E-state index in [0.29, 0.717) is 47.3 Å². The van der Waals surface area contributed by atoms with Crippen LogP contribution in [-0.4, -0.2) is 333 Å². The van der Waals surface area contributed by atoms with Crippen LogP contribution in [0, 0.1) is 51.8 Å². The first-order valence-electron chi connectivity index (χ1n) is 40.1. The molecule has 3 heterocycles. The molecule has 3 saturated heterocycles. The molecule has 18 N–H and O–H groups in total. The first-order chi connectivity index (χ1) is 53.9. The highest BCUT2D eigenvalue weighted by molar-refractivity contribution is 5.78. The smallest absolute Gasteiger partial charge is 0.364 e. The van der Waals surface area contributed by atoms with E-state index in [1.807, 2.05) is 0 Å². The molecule has 0 aromatic rings. The average Bonchev–Trinajstić information content (AvgIpc) is 1.44. The molecule has 4 unspecified atom stereocenters. The zero-order valence-corrected chi connectivity index (χ0v) is 67.1. The van der Waals surface area contributed by atoms with E-state index in [1.165, 1.54) is 44.1 Å². The summed E-state index contributed by atoms with van der Waals surface area (Å²) in [6.45, 7) is 9.18. The van der Waals surface area contributed by atoms with Crippen LogP contribution in [0.3, 0.4) is 0 Å². The Labute approximate surface area is 665 Å². The van der Waals surface area contributed by atoms with E-state index < -0.39 is 209 Å². The summed E-state index contributed by atoms with van der Waals surface area (Å²) in [4.78, 5) is 74.8. The minimum atomic E-state index is -2.60. The summed E-state index contributed by atoms with van der Waals surface area (Å²) in [5, 5.41) is 164. The molecule has 37 nitrogen and oxygen atoms in total. The molecule has 658 valence electrons. The van der Waals surface area contributed by atoms with E-state index in [9.17, 15) is 105 Å². The van der Waals surface area contributed by atoms with Gasteiger partial charge in [-0.1, -0.05) is 65.5 Å². The highest BCUT2D eigenvalue weighted by Gasteiger charge is 2.62. The number of hydrogen-bond donors (Lipinski definition) is 18. The van der Waals surface area contributed by atoms with Crippen molar-refractivity contribution in [1.82, 2.24) is 16.0 Å². The molecule has 26 atom stereocenters. The second kappa shape index (κ2) is 44.2. The molecule has 0 aromatic heterocycles. The highest BCUT2D eigenvalue weighted by Crippen LogP contribution is 2.67. The maximum Gasteiger partial charge on any atom is 0.364 e. The lowest BCUT2D eigenvalue weighted by Crippen LogP contribution is -2.67. The summed E-state index contributed by atoms with van der Waals surface area (Å²) in [7, 11) is 0. The summed E-state index contributed by atoms with van der Waals surface area (Å²) >= 11 is 0. The number of nitrogens with one attached hydrogen (secondary N) is 3. The van der Waals surface area contributed by atoms with Crippen molar-refractivity contribution < 1.29 is 167 Å². The monoisotopic (exact) mass is 1640 g/mol. The number of hydrogen-bond acceptors (Lipinski definition) is 31. The van der Waals surface area contributed by atoms with Crippen LogP contribution in [0.2, 0.25) is 0 Å². The second-order valence-electron chi connectivity index (χ2n) is 33.3. The summed E-state index contributed by atoms with van der Waals surface area (Å²) in [5.41, 5.74) is 0.393. The van der Waals surface area contributed by atoms with Gasteiger partial charge in [-0.05, 0) is 117 Å². The van der Waals surface area contributed by atoms with Gasteiger partial charge in [0.2, 0.25) is 17.7 Å². The molecule has 37 heteroatoms. The van der Waals surface area contributed by atoms with Gasteiger partial charge in [0.05, 0.1) is 134 Å². The minimum absolute atomic E-state index is 0.00546. The quantitative estimate of drug-likeness (QED) is 0.0198. The van der Waals surface area contributed by atoms with Crippen molar-refractivity contribution >= 4 is 35.6 Å². The first kappa shape index (κ1) is 96.7. The van der Waals surface area contributed by atoms with Crippen LogP contribution in [0.1, 0.15) is 165 Å². The minimum Gasteiger partial charge on any atom is -0.477 e. The van der Waals surface area contributed by atoms with Crippen LogP contribution >= 0.6 is 0 Å². The van der Waals surface area contributed by atoms with Gasteiger partial charge in [0.1, 0.15) is 75.3 Å². The van der Waals surface area contributed by atoms with Gasteiger partial charge in [0.25, 0.3) is 17.4 Å². The number of aliphatic hydroxyl groups is 12. The van der Waals surface area contributed by atoms with E-state index >= 15 is 0 Å². The van der Waals surface area contributed by atoms with Gasteiger partial charge in [0, 0.05) is 40.0 Å². The van der Waals surface area contributed by atoms with Gasteiger partial charge in [-0.15, -0.1) is 0 Å². The number of aliphatic carboxylic acids is 3. The number of amides is 3. The van der Waals surface area contributed by atoms with Gasteiger partial charge in [-0.2, -0.15) is 0 Å². The van der Waals surface area contributed by atoms with Crippen LogP contribution in [-0.2, 0) is 90.3 Å². The second-order valence-corrected chi connectivity index (χ2v) is 33.3. The molecule has 7 rings (SSSR count). The third-order valence-electron chi connectivity index (χ3n) is 24.5. The zero-order chi connectivity index (χ0) is 84.1. The van der Waals surface area contributed by atoms with Crippen molar-refractivity contribution in [3.63, 3.8) is 0 Å². The van der Waals surface area contributed by atoms with Gasteiger partial charge >= 0.3 is 17.9 Å². The average molecular weight is 1640 g/mol. The number of allylic oxidation sites excluding steroid dienone is 1. The van der Waals surface area contributed by atoms with Crippen molar-refractivity contribution in [1.29, 1.82) is 0 Å². The Morgan fingerprint density at radius 2 is 0.904 bits per heavy atom. The molecule has 6 fully saturated rings. The molecule has 4 aliphatic carbocycles. The number of carboxylic acid groups (broad SMARTS) is 3. The lowest BCUT2D eigenvalue weighted by molar-refractivity contribution is -0.311. The molecule has 114 heavy (non-hydrogen) atoms. The van der Waals surface area contributed by atoms with Crippen molar-refractivity contribution in [3.8, 4) is 0 Å². The predicted octanol–water partition coefficient (Wildman–Crippen LogP) is -0.960. The molecule has 0 spiro atoms. The normalized spacial score (nSPS) is 34.3. The topological polar surface area (TPSA) is 562 Å². The van der Waals surface area contributed by atoms with Crippen LogP contribution in [0.15, 0.2) is 11.6 Å². The van der Waals surface area contributed by atoms with E-state index in [0.717, 1.165) is 46.5 Å². The maximum absolute atomic E-state index is 12.8. The Morgan fingerprint density at radius 1 is 0.509 bits per heavy atom. The number of ether oxygens (including phenoxy) is 13. The third kappa shape index (κ3) is 24.7. The Hall–Kier alpha value is -4.44. The standard InChI is InChI=1S/C77H131N3O34/c1-43(2)13-9-14-44(3)51-17-18-52-50-16-15-48-29-49(19-21-72(48,7)53(50)20-22-73(51,52)8)108-39-74(36-105-40-102-23-10-26-109-75(69(96)97)30-54(87)60(78-45(4)84)66(112-75)63(93)57(90)33-81,37-106-41-103-24-11-27-110-76(70(98)99)31-55(88)61(79-46(5)85)67(113-76)64(94)58(91)34-82)38-107-42-104-25-12-28-111-77(71(100)101)32-56(89)62(80-47(6)86)68(114-77)65(95)59(92)35-83/h15,43-44,49-68,81-83,87-95H,9-14,16-42H2,1-8H3,(H,78,84)(H,79,85)(H,80,86)(H,96,97)(H,98,99)(H,100,101)/t44?,49-,50?,51+,52?,53?,54-,55-,56-,57+,58+,59+,60+,61+,62+,63-,64-,65-,66+,67+,68+,72-,73+,75+,76+,77+/m0/s1. The summed E-state index contributed by atoms with van der Waals surface area (Å²) in [6.07, 6.45) is -9.98. The van der Waals surface area contributed by atoms with E-state index in [4.69, 9.17) is 61.6 Å². The van der Waals surface area contributed by atoms with Gasteiger partial charge in [-0.3, -0.25) is 14.4 Å². The summed E-state index contributed by atoms with van der Waals surface area (Å²) < 4.78 is 77.8. The molecular weight excluding hydrogens is 1510 g/mol. The molecule has 0 bridgehead atoms. The highest BCUT2D eigenvalue weighted by atomic mass is 16.7. The zero-order valence-electron chi connectivity index (χ0n) is 67.1. The van der Waals surface area contributed by atoms with Crippen molar-refractivity contribution in [3.05, 3.63) is 11.6 Å². The van der Waals surface area contributed by atoms with E-state index in [2.05, 4.69) is 56.6 Å². The van der Waals surface area contributed by atoms with Gasteiger partial charge in [0.15, 0.2) is 0 Å². The van der Waals surface area contributed by atoms with Crippen molar-refractivity contribution in [2.45, 2.75) is 279 Å². The molecular formula is C77H131N3O34.